The standard InChI is InChI=1S/C27H27ClN2O3/c1-17-26(32)30(16-18-6-5-7-21(28)14-18)23-15-22(12-13-24(23)33-17)29-25(31)19-8-10-20(11-9-19)27(2,3)4/h5-15,17H,16H2,1-4H3,(H,29,31). The van der Waals surface area contributed by atoms with Gasteiger partial charge in [-0.15, -0.1) is 0 Å². The second-order valence-corrected chi connectivity index (χ2v) is 9.71. The van der Waals surface area contributed by atoms with Crippen molar-refractivity contribution in [1.82, 2.24) is 0 Å². The Morgan fingerprint density at radius 2 is 1.79 bits per heavy atom. The van der Waals surface area contributed by atoms with Crippen LogP contribution in [0.15, 0.2) is 66.7 Å². The average molecular weight is 463 g/mol. The summed E-state index contributed by atoms with van der Waals surface area (Å²) in [5.41, 5.74) is 3.85. The minimum Gasteiger partial charge on any atom is -0.479 e. The Kier molecular flexibility index (Phi) is 6.17. The van der Waals surface area contributed by atoms with Crippen molar-refractivity contribution in [3.63, 3.8) is 0 Å². The average Bonchev–Trinajstić information content (AvgIpc) is 2.77. The number of halogens is 1. The lowest BCUT2D eigenvalue weighted by molar-refractivity contribution is -0.125. The number of amides is 2. The molecule has 3 aromatic carbocycles. The highest BCUT2D eigenvalue weighted by molar-refractivity contribution is 6.30. The van der Waals surface area contributed by atoms with E-state index in [9.17, 15) is 9.59 Å². The molecule has 33 heavy (non-hydrogen) atoms. The number of fused-ring (bicyclic) bond motifs is 1. The van der Waals surface area contributed by atoms with E-state index in [2.05, 4.69) is 26.1 Å². The summed E-state index contributed by atoms with van der Waals surface area (Å²) in [5.74, 6) is 0.230. The molecular weight excluding hydrogens is 436 g/mol. The topological polar surface area (TPSA) is 58.6 Å². The Balaban J connectivity index is 1.59. The summed E-state index contributed by atoms with van der Waals surface area (Å²) >= 11 is 6.13. The van der Waals surface area contributed by atoms with E-state index in [1.807, 2.05) is 42.5 Å². The van der Waals surface area contributed by atoms with Gasteiger partial charge in [0.1, 0.15) is 5.75 Å². The molecule has 1 aliphatic rings. The number of hydrogen-bond acceptors (Lipinski definition) is 3. The van der Waals surface area contributed by atoms with Gasteiger partial charge in [-0.3, -0.25) is 9.59 Å². The Hall–Kier alpha value is -3.31. The van der Waals surface area contributed by atoms with Crippen LogP contribution in [-0.4, -0.2) is 17.9 Å². The monoisotopic (exact) mass is 462 g/mol. The first-order chi connectivity index (χ1) is 15.6. The lowest BCUT2D eigenvalue weighted by Crippen LogP contribution is -2.44. The highest BCUT2D eigenvalue weighted by atomic mass is 35.5. The second kappa shape index (κ2) is 8.91. The van der Waals surface area contributed by atoms with Crippen LogP contribution in [0.5, 0.6) is 5.75 Å². The summed E-state index contributed by atoms with van der Waals surface area (Å²) in [6.45, 7) is 8.48. The van der Waals surface area contributed by atoms with Crippen molar-refractivity contribution in [1.29, 1.82) is 0 Å². The molecule has 0 bridgehead atoms. The maximum atomic E-state index is 12.9. The molecule has 0 spiro atoms. The van der Waals surface area contributed by atoms with Gasteiger partial charge in [-0.1, -0.05) is 56.6 Å². The molecule has 0 aromatic heterocycles. The summed E-state index contributed by atoms with van der Waals surface area (Å²) in [6, 6.07) is 20.3. The Bertz CT molecular complexity index is 1200. The van der Waals surface area contributed by atoms with Gasteiger partial charge in [0, 0.05) is 16.3 Å². The fourth-order valence-corrected chi connectivity index (χ4v) is 4.00. The van der Waals surface area contributed by atoms with Gasteiger partial charge < -0.3 is 15.0 Å². The van der Waals surface area contributed by atoms with Crippen molar-refractivity contribution in [2.45, 2.75) is 45.8 Å². The van der Waals surface area contributed by atoms with Crippen molar-refractivity contribution in [3.8, 4) is 5.75 Å². The zero-order valence-electron chi connectivity index (χ0n) is 19.2. The molecule has 0 radical (unpaired) electrons. The quantitative estimate of drug-likeness (QED) is 0.501. The van der Waals surface area contributed by atoms with E-state index in [-0.39, 0.29) is 17.2 Å². The molecule has 1 atom stereocenters. The fourth-order valence-electron chi connectivity index (χ4n) is 3.79. The third kappa shape index (κ3) is 5.04. The molecule has 170 valence electrons. The minimum atomic E-state index is -0.599. The first-order valence-corrected chi connectivity index (χ1v) is 11.3. The zero-order chi connectivity index (χ0) is 23.8. The molecule has 0 aliphatic carbocycles. The van der Waals surface area contributed by atoms with Crippen LogP contribution >= 0.6 is 11.6 Å². The first-order valence-electron chi connectivity index (χ1n) is 10.9. The number of ether oxygens (including phenoxy) is 1. The van der Waals surface area contributed by atoms with Gasteiger partial charge in [-0.25, -0.2) is 0 Å². The Labute approximate surface area is 199 Å². The summed E-state index contributed by atoms with van der Waals surface area (Å²) in [5, 5.41) is 3.54. The van der Waals surface area contributed by atoms with E-state index in [0.717, 1.165) is 11.1 Å². The van der Waals surface area contributed by atoms with E-state index in [1.165, 1.54) is 0 Å². The Morgan fingerprint density at radius 3 is 2.45 bits per heavy atom. The van der Waals surface area contributed by atoms with E-state index in [0.29, 0.717) is 34.3 Å². The van der Waals surface area contributed by atoms with Crippen molar-refractivity contribution in [2.75, 3.05) is 10.2 Å². The lowest BCUT2D eigenvalue weighted by Gasteiger charge is -2.33. The molecule has 4 rings (SSSR count). The van der Waals surface area contributed by atoms with E-state index in [4.69, 9.17) is 16.3 Å². The van der Waals surface area contributed by atoms with Gasteiger partial charge in [0.05, 0.1) is 12.2 Å². The van der Waals surface area contributed by atoms with Crippen molar-refractivity contribution >= 4 is 34.8 Å². The summed E-state index contributed by atoms with van der Waals surface area (Å²) in [6.07, 6.45) is -0.599. The molecule has 0 saturated heterocycles. The molecule has 1 heterocycles. The van der Waals surface area contributed by atoms with E-state index >= 15 is 0 Å². The minimum absolute atomic E-state index is 0.0175. The van der Waals surface area contributed by atoms with Crippen LogP contribution in [0.25, 0.3) is 0 Å². The largest absolute Gasteiger partial charge is 0.479 e. The highest BCUT2D eigenvalue weighted by Gasteiger charge is 2.32. The van der Waals surface area contributed by atoms with Gasteiger partial charge in [0.2, 0.25) is 0 Å². The maximum Gasteiger partial charge on any atom is 0.268 e. The molecule has 2 amide bonds. The molecule has 1 aliphatic heterocycles. The number of carbonyl (C=O) groups is 2. The van der Waals surface area contributed by atoms with E-state index < -0.39 is 6.10 Å². The SMILES string of the molecule is CC1Oc2ccc(NC(=O)c3ccc(C(C)(C)C)cc3)cc2N(Cc2cccc(Cl)c2)C1=O. The van der Waals surface area contributed by atoms with Crippen molar-refractivity contribution in [2.24, 2.45) is 0 Å². The molecule has 3 aromatic rings. The molecular formula is C27H27ClN2O3. The van der Waals surface area contributed by atoms with Crippen molar-refractivity contribution in [3.05, 3.63) is 88.4 Å². The Morgan fingerprint density at radius 1 is 1.06 bits per heavy atom. The number of rotatable bonds is 4. The molecule has 1 unspecified atom stereocenters. The van der Waals surface area contributed by atoms with Crippen LogP contribution < -0.4 is 15.0 Å². The normalized spacial score (nSPS) is 15.6. The fraction of sp³-hybridized carbons (Fsp3) is 0.259. The van der Waals surface area contributed by atoms with Crippen LogP contribution in [0.3, 0.4) is 0 Å². The van der Waals surface area contributed by atoms with Crippen LogP contribution in [0.1, 0.15) is 49.2 Å². The predicted molar refractivity (Wildman–Crippen MR) is 132 cm³/mol. The summed E-state index contributed by atoms with van der Waals surface area (Å²) in [4.78, 5) is 27.4. The van der Waals surface area contributed by atoms with Gasteiger partial charge in [-0.05, 0) is 65.9 Å². The summed E-state index contributed by atoms with van der Waals surface area (Å²) < 4.78 is 5.80. The number of nitrogens with zero attached hydrogens (tertiary/aromatic N) is 1. The predicted octanol–water partition coefficient (Wildman–Crippen LogP) is 6.20. The van der Waals surface area contributed by atoms with Gasteiger partial charge >= 0.3 is 0 Å². The maximum absolute atomic E-state index is 12.9. The van der Waals surface area contributed by atoms with Crippen LogP contribution in [0.2, 0.25) is 5.02 Å². The molecule has 6 heteroatoms. The van der Waals surface area contributed by atoms with Crippen LogP contribution in [0, 0.1) is 0 Å². The van der Waals surface area contributed by atoms with Gasteiger partial charge in [0.25, 0.3) is 11.8 Å². The molecule has 1 N–H and O–H groups in total. The first kappa shape index (κ1) is 22.9. The third-order valence-corrected chi connectivity index (χ3v) is 5.90. The summed E-state index contributed by atoms with van der Waals surface area (Å²) in [7, 11) is 0. The number of hydrogen-bond donors (Lipinski definition) is 1. The number of carbonyl (C=O) groups excluding carboxylic acids is 2. The van der Waals surface area contributed by atoms with Crippen LogP contribution in [0.4, 0.5) is 11.4 Å². The third-order valence-electron chi connectivity index (χ3n) is 5.67. The van der Waals surface area contributed by atoms with Gasteiger partial charge in [-0.2, -0.15) is 0 Å². The van der Waals surface area contributed by atoms with Crippen LogP contribution in [-0.2, 0) is 16.8 Å². The smallest absolute Gasteiger partial charge is 0.268 e. The number of nitrogens with one attached hydrogen (secondary N) is 1. The number of anilines is 2. The van der Waals surface area contributed by atoms with Crippen molar-refractivity contribution < 1.29 is 14.3 Å². The lowest BCUT2D eigenvalue weighted by atomic mass is 9.87. The van der Waals surface area contributed by atoms with E-state index in [1.54, 1.807) is 36.1 Å². The molecule has 0 saturated carbocycles. The molecule has 5 nitrogen and oxygen atoms in total. The van der Waals surface area contributed by atoms with Gasteiger partial charge in [0.15, 0.2) is 6.10 Å². The second-order valence-electron chi connectivity index (χ2n) is 9.28. The molecule has 0 fully saturated rings. The zero-order valence-corrected chi connectivity index (χ0v) is 19.9. The number of benzene rings is 3. The highest BCUT2D eigenvalue weighted by Crippen LogP contribution is 2.37.